The van der Waals surface area contributed by atoms with E-state index in [2.05, 4.69) is 21.6 Å². The number of hydrogen-bond donors (Lipinski definition) is 2. The second-order valence-electron chi connectivity index (χ2n) is 2.90. The number of carbonyl (C=O) groups is 3. The molecular weight excluding hydrogens is 230 g/mol. The van der Waals surface area contributed by atoms with Crippen LogP contribution in [0.15, 0.2) is 24.3 Å². The molecule has 0 aromatic rings. The smallest absolute Gasteiger partial charge is 0.349 e. The summed E-state index contributed by atoms with van der Waals surface area (Å²) >= 11 is 0. The van der Waals surface area contributed by atoms with Crippen molar-refractivity contribution in [1.82, 2.24) is 5.48 Å². The third-order valence-electron chi connectivity index (χ3n) is 1.32. The van der Waals surface area contributed by atoms with Crippen LogP contribution in [0.25, 0.3) is 0 Å². The minimum absolute atomic E-state index is 0.00161. The van der Waals surface area contributed by atoms with Crippen LogP contribution < -0.4 is 5.48 Å². The van der Waals surface area contributed by atoms with Gasteiger partial charge in [0.15, 0.2) is 0 Å². The summed E-state index contributed by atoms with van der Waals surface area (Å²) in [7, 11) is 0. The van der Waals surface area contributed by atoms with E-state index in [0.717, 1.165) is 6.08 Å². The highest BCUT2D eigenvalue weighted by atomic mass is 16.7. The van der Waals surface area contributed by atoms with Crippen molar-refractivity contribution in [3.8, 4) is 0 Å². The lowest BCUT2D eigenvalue weighted by atomic mass is 10.4. The van der Waals surface area contributed by atoms with E-state index in [1.807, 2.05) is 0 Å². The van der Waals surface area contributed by atoms with Gasteiger partial charge in [-0.3, -0.25) is 0 Å². The number of nitrogens with one attached hydrogen (secondary N) is 1. The highest BCUT2D eigenvalue weighted by molar-refractivity contribution is 5.90. The Kier molecular flexibility index (Phi) is 7.04. The number of aliphatic carboxylic acids is 1. The van der Waals surface area contributed by atoms with Gasteiger partial charge in [0, 0.05) is 17.7 Å². The summed E-state index contributed by atoms with van der Waals surface area (Å²) in [6.45, 7) is 4.97. The summed E-state index contributed by atoms with van der Waals surface area (Å²) in [5.41, 5.74) is 2.47. The Labute approximate surface area is 97.7 Å². The molecule has 0 rings (SSSR count). The van der Waals surface area contributed by atoms with Crippen molar-refractivity contribution in [2.24, 2.45) is 0 Å². The Balaban J connectivity index is 3.59. The van der Waals surface area contributed by atoms with E-state index in [0.29, 0.717) is 6.08 Å². The van der Waals surface area contributed by atoms with Crippen molar-refractivity contribution in [1.29, 1.82) is 0 Å². The second kappa shape index (κ2) is 8.05. The van der Waals surface area contributed by atoms with Gasteiger partial charge in [-0.15, -0.1) is 5.48 Å². The van der Waals surface area contributed by atoms with E-state index < -0.39 is 17.9 Å². The fourth-order valence-corrected chi connectivity index (χ4v) is 0.604. The number of hydroxylamine groups is 1. The lowest BCUT2D eigenvalue weighted by Crippen LogP contribution is -2.24. The Morgan fingerprint density at radius 2 is 2.00 bits per heavy atom. The first-order valence-corrected chi connectivity index (χ1v) is 4.60. The minimum Gasteiger partial charge on any atom is -0.478 e. The fourth-order valence-electron chi connectivity index (χ4n) is 0.604. The molecule has 0 saturated heterocycles. The lowest BCUT2D eigenvalue weighted by molar-refractivity contribution is -0.147. The molecular formula is C10H13NO6. The number of esters is 1. The topological polar surface area (TPSA) is 102 Å². The molecule has 7 nitrogen and oxygen atoms in total. The standard InChI is InChI=1S/C10H13NO6/c1-7(2)10(15)16-6-5-11-17-9(14)4-3-8(12)13/h3-4,11H,1,5-6H2,2H3,(H,12,13). The largest absolute Gasteiger partial charge is 0.478 e. The van der Waals surface area contributed by atoms with E-state index in [1.54, 1.807) is 0 Å². The first-order chi connectivity index (χ1) is 7.93. The zero-order valence-electron chi connectivity index (χ0n) is 9.26. The first kappa shape index (κ1) is 14.8. The molecule has 0 unspecified atom stereocenters. The molecule has 0 aliphatic rings. The molecule has 0 aromatic heterocycles. The maximum Gasteiger partial charge on any atom is 0.349 e. The maximum atomic E-state index is 10.9. The molecule has 0 spiro atoms. The molecule has 0 heterocycles. The fraction of sp³-hybridized carbons (Fsp3) is 0.300. The van der Waals surface area contributed by atoms with Gasteiger partial charge in [-0.2, -0.15) is 0 Å². The van der Waals surface area contributed by atoms with Gasteiger partial charge in [0.2, 0.25) is 0 Å². The summed E-state index contributed by atoms with van der Waals surface area (Å²) in [6.07, 6.45) is 1.39. The molecule has 0 aliphatic carbocycles. The van der Waals surface area contributed by atoms with Crippen molar-refractivity contribution < 1.29 is 29.1 Å². The van der Waals surface area contributed by atoms with Crippen LogP contribution in [0.3, 0.4) is 0 Å². The molecule has 17 heavy (non-hydrogen) atoms. The highest BCUT2D eigenvalue weighted by Gasteiger charge is 2.02. The van der Waals surface area contributed by atoms with Crippen LogP contribution in [0, 0.1) is 0 Å². The van der Waals surface area contributed by atoms with Crippen molar-refractivity contribution in [3.05, 3.63) is 24.3 Å². The predicted molar refractivity (Wildman–Crippen MR) is 56.6 cm³/mol. The summed E-state index contributed by atoms with van der Waals surface area (Å²) < 4.78 is 4.68. The van der Waals surface area contributed by atoms with Gasteiger partial charge in [0.1, 0.15) is 6.61 Å². The number of carboxylic acid groups (broad SMARTS) is 1. The average Bonchev–Trinajstić information content (AvgIpc) is 2.25. The minimum atomic E-state index is -1.25. The van der Waals surface area contributed by atoms with Gasteiger partial charge in [0.25, 0.3) is 0 Å². The molecule has 0 bridgehead atoms. The monoisotopic (exact) mass is 243 g/mol. The van der Waals surface area contributed by atoms with Crippen molar-refractivity contribution in [3.63, 3.8) is 0 Å². The Morgan fingerprint density at radius 1 is 1.35 bits per heavy atom. The summed E-state index contributed by atoms with van der Waals surface area (Å²) in [4.78, 5) is 36.1. The van der Waals surface area contributed by atoms with E-state index in [1.165, 1.54) is 6.92 Å². The van der Waals surface area contributed by atoms with Gasteiger partial charge in [0.05, 0.1) is 6.54 Å². The van der Waals surface area contributed by atoms with Gasteiger partial charge in [-0.05, 0) is 6.92 Å². The SMILES string of the molecule is C=C(C)C(=O)OCCNOC(=O)C=CC(=O)O. The van der Waals surface area contributed by atoms with Crippen LogP contribution in [0.1, 0.15) is 6.92 Å². The molecule has 0 atom stereocenters. The third-order valence-corrected chi connectivity index (χ3v) is 1.32. The van der Waals surface area contributed by atoms with Gasteiger partial charge in [-0.1, -0.05) is 6.58 Å². The number of ether oxygens (including phenoxy) is 1. The number of carboxylic acids is 1. The number of hydrogen-bond acceptors (Lipinski definition) is 6. The van der Waals surface area contributed by atoms with E-state index in [-0.39, 0.29) is 18.7 Å². The van der Waals surface area contributed by atoms with Crippen LogP contribution in [-0.2, 0) is 24.0 Å². The quantitative estimate of drug-likeness (QED) is 0.276. The normalized spacial score (nSPS) is 9.94. The molecule has 0 aromatic carbocycles. The molecule has 94 valence electrons. The summed E-state index contributed by atoms with van der Waals surface area (Å²) in [5, 5.41) is 8.20. The average molecular weight is 243 g/mol. The van der Waals surface area contributed by atoms with Crippen molar-refractivity contribution in [2.75, 3.05) is 13.2 Å². The summed E-state index contributed by atoms with van der Waals surface area (Å²) in [6, 6.07) is 0. The Morgan fingerprint density at radius 3 is 2.53 bits per heavy atom. The summed E-state index contributed by atoms with van der Waals surface area (Å²) in [5.74, 6) is -2.65. The second-order valence-corrected chi connectivity index (χ2v) is 2.90. The molecule has 0 aliphatic heterocycles. The molecule has 0 fully saturated rings. The molecule has 0 radical (unpaired) electrons. The number of rotatable bonds is 7. The van der Waals surface area contributed by atoms with E-state index >= 15 is 0 Å². The molecule has 2 N–H and O–H groups in total. The third kappa shape index (κ3) is 8.82. The molecule has 0 amide bonds. The zero-order chi connectivity index (χ0) is 13.3. The molecule has 0 saturated carbocycles. The highest BCUT2D eigenvalue weighted by Crippen LogP contribution is 1.90. The lowest BCUT2D eigenvalue weighted by Gasteiger charge is -2.05. The van der Waals surface area contributed by atoms with E-state index in [4.69, 9.17) is 5.11 Å². The first-order valence-electron chi connectivity index (χ1n) is 4.60. The van der Waals surface area contributed by atoms with Gasteiger partial charge >= 0.3 is 17.9 Å². The van der Waals surface area contributed by atoms with Crippen LogP contribution in [0.4, 0.5) is 0 Å². The van der Waals surface area contributed by atoms with Gasteiger partial charge in [-0.25, -0.2) is 14.4 Å². The molecule has 7 heteroatoms. The van der Waals surface area contributed by atoms with Crippen LogP contribution in [0.2, 0.25) is 0 Å². The van der Waals surface area contributed by atoms with Crippen LogP contribution >= 0.6 is 0 Å². The van der Waals surface area contributed by atoms with Crippen molar-refractivity contribution >= 4 is 17.9 Å². The Bertz CT molecular complexity index is 347. The zero-order valence-corrected chi connectivity index (χ0v) is 9.26. The Hall–Kier alpha value is -2.15. The van der Waals surface area contributed by atoms with Crippen LogP contribution in [0.5, 0.6) is 0 Å². The van der Waals surface area contributed by atoms with Crippen LogP contribution in [-0.4, -0.2) is 36.2 Å². The maximum absolute atomic E-state index is 10.9. The number of carbonyl (C=O) groups excluding carboxylic acids is 2. The predicted octanol–water partition coefficient (Wildman–Crippen LogP) is -0.206. The van der Waals surface area contributed by atoms with E-state index in [9.17, 15) is 14.4 Å². The van der Waals surface area contributed by atoms with Crippen molar-refractivity contribution in [2.45, 2.75) is 6.92 Å². The van der Waals surface area contributed by atoms with Gasteiger partial charge < -0.3 is 14.7 Å².